The van der Waals surface area contributed by atoms with Gasteiger partial charge in [-0.1, -0.05) is 6.07 Å². The molecule has 0 atom stereocenters. The van der Waals surface area contributed by atoms with Crippen LogP contribution in [-0.2, 0) is 16.6 Å². The maximum Gasteiger partial charge on any atom is 0.243 e. The maximum absolute atomic E-state index is 13.7. The first-order chi connectivity index (χ1) is 9.53. The van der Waals surface area contributed by atoms with Crippen molar-refractivity contribution in [3.63, 3.8) is 0 Å². The Kier molecular flexibility index (Phi) is 5.42. The summed E-state index contributed by atoms with van der Waals surface area (Å²) in [7, 11) is -3.81. The normalized spacial score (nSPS) is 17.3. The van der Waals surface area contributed by atoms with Crippen LogP contribution in [0.1, 0.15) is 18.4 Å². The molecule has 1 heterocycles. The zero-order chi connectivity index (χ0) is 14.6. The van der Waals surface area contributed by atoms with Gasteiger partial charge in [-0.15, -0.1) is 0 Å². The molecule has 0 aliphatic carbocycles. The van der Waals surface area contributed by atoms with Crippen LogP contribution in [0.4, 0.5) is 4.39 Å². The Labute approximate surface area is 123 Å². The molecule has 0 unspecified atom stereocenters. The van der Waals surface area contributed by atoms with Crippen LogP contribution in [0.15, 0.2) is 23.1 Å². The first-order valence-corrected chi connectivity index (χ1v) is 9.22. The summed E-state index contributed by atoms with van der Waals surface area (Å²) < 4.78 is 40.6. The highest BCUT2D eigenvalue weighted by molar-refractivity contribution is 7.99. The molecular formula is C13H19FN2O2S2. The third-order valence-electron chi connectivity index (χ3n) is 3.42. The fraction of sp³-hybridized carbons (Fsp3) is 0.538. The predicted octanol–water partition coefficient (Wildman–Crippen LogP) is 1.71. The smallest absolute Gasteiger partial charge is 0.243 e. The summed E-state index contributed by atoms with van der Waals surface area (Å²) >= 11 is 1.88. The second kappa shape index (κ2) is 6.89. The summed E-state index contributed by atoms with van der Waals surface area (Å²) in [6.07, 6.45) is 2.00. The number of sulfonamides is 1. The average molecular weight is 318 g/mol. The first-order valence-electron chi connectivity index (χ1n) is 6.59. The third-order valence-corrected chi connectivity index (χ3v) is 5.91. The second-order valence-corrected chi connectivity index (χ2v) is 7.84. The molecule has 112 valence electrons. The summed E-state index contributed by atoms with van der Waals surface area (Å²) in [4.78, 5) is -0.314. The Balaban J connectivity index is 2.09. The number of benzene rings is 1. The van der Waals surface area contributed by atoms with Gasteiger partial charge in [-0.25, -0.2) is 17.5 Å². The summed E-state index contributed by atoms with van der Waals surface area (Å²) in [5.41, 5.74) is 6.06. The van der Waals surface area contributed by atoms with Gasteiger partial charge in [-0.05, 0) is 48.0 Å². The van der Waals surface area contributed by atoms with E-state index in [0.29, 0.717) is 18.0 Å². The van der Waals surface area contributed by atoms with E-state index in [9.17, 15) is 12.8 Å². The number of hydrogen-bond acceptors (Lipinski definition) is 4. The van der Waals surface area contributed by atoms with Crippen LogP contribution >= 0.6 is 11.8 Å². The molecule has 0 bridgehead atoms. The average Bonchev–Trinajstić information content (AvgIpc) is 2.47. The van der Waals surface area contributed by atoms with Gasteiger partial charge in [0.25, 0.3) is 0 Å². The Morgan fingerprint density at radius 3 is 2.70 bits per heavy atom. The van der Waals surface area contributed by atoms with E-state index in [4.69, 9.17) is 5.73 Å². The van der Waals surface area contributed by atoms with Crippen LogP contribution in [0.2, 0.25) is 0 Å². The molecule has 1 fully saturated rings. The van der Waals surface area contributed by atoms with Crippen molar-refractivity contribution in [2.24, 2.45) is 11.7 Å². The molecule has 3 N–H and O–H groups in total. The highest BCUT2D eigenvalue weighted by Gasteiger charge is 2.22. The van der Waals surface area contributed by atoms with E-state index in [2.05, 4.69) is 4.72 Å². The lowest BCUT2D eigenvalue weighted by Crippen LogP contribution is -2.31. The van der Waals surface area contributed by atoms with Crippen LogP contribution in [0, 0.1) is 11.7 Å². The SMILES string of the molecule is NCc1ccc(F)c(S(=O)(=O)NCC2CCSCC2)c1. The van der Waals surface area contributed by atoms with E-state index < -0.39 is 15.8 Å². The van der Waals surface area contributed by atoms with Crippen molar-refractivity contribution in [1.29, 1.82) is 0 Å². The first kappa shape index (κ1) is 15.8. The fourth-order valence-corrected chi connectivity index (χ4v) is 4.58. The van der Waals surface area contributed by atoms with Crippen molar-refractivity contribution in [1.82, 2.24) is 4.72 Å². The minimum atomic E-state index is -3.81. The molecule has 0 spiro atoms. The van der Waals surface area contributed by atoms with E-state index in [1.807, 2.05) is 11.8 Å². The fourth-order valence-electron chi connectivity index (χ4n) is 2.14. The van der Waals surface area contributed by atoms with E-state index in [1.54, 1.807) is 0 Å². The molecule has 2 rings (SSSR count). The summed E-state index contributed by atoms with van der Waals surface area (Å²) in [6.45, 7) is 0.553. The molecule has 0 aromatic heterocycles. The van der Waals surface area contributed by atoms with Crippen LogP contribution < -0.4 is 10.5 Å². The van der Waals surface area contributed by atoms with E-state index in [1.165, 1.54) is 12.1 Å². The van der Waals surface area contributed by atoms with Gasteiger partial charge in [-0.3, -0.25) is 0 Å². The Morgan fingerprint density at radius 2 is 2.05 bits per heavy atom. The molecule has 0 radical (unpaired) electrons. The lowest BCUT2D eigenvalue weighted by Gasteiger charge is -2.21. The summed E-state index contributed by atoms with van der Waals surface area (Å²) in [5, 5.41) is 0. The molecule has 4 nitrogen and oxygen atoms in total. The molecule has 1 aliphatic heterocycles. The van der Waals surface area contributed by atoms with Crippen molar-refractivity contribution in [3.05, 3.63) is 29.6 Å². The van der Waals surface area contributed by atoms with Gasteiger partial charge < -0.3 is 5.73 Å². The van der Waals surface area contributed by atoms with Gasteiger partial charge >= 0.3 is 0 Å². The number of nitrogens with two attached hydrogens (primary N) is 1. The molecule has 1 aromatic rings. The largest absolute Gasteiger partial charge is 0.326 e. The predicted molar refractivity (Wildman–Crippen MR) is 79.5 cm³/mol. The summed E-state index contributed by atoms with van der Waals surface area (Å²) in [6, 6.07) is 3.94. The molecule has 7 heteroatoms. The lowest BCUT2D eigenvalue weighted by molar-refractivity contribution is 0.475. The van der Waals surface area contributed by atoms with Crippen molar-refractivity contribution >= 4 is 21.8 Å². The van der Waals surface area contributed by atoms with Crippen LogP contribution in [0.3, 0.4) is 0 Å². The van der Waals surface area contributed by atoms with E-state index >= 15 is 0 Å². The highest BCUT2D eigenvalue weighted by Crippen LogP contribution is 2.23. The van der Waals surface area contributed by atoms with Gasteiger partial charge in [0.1, 0.15) is 10.7 Å². The van der Waals surface area contributed by atoms with Crippen molar-refractivity contribution in [2.75, 3.05) is 18.1 Å². The van der Waals surface area contributed by atoms with E-state index in [-0.39, 0.29) is 11.4 Å². The lowest BCUT2D eigenvalue weighted by atomic mass is 10.0. The third kappa shape index (κ3) is 3.94. The summed E-state index contributed by atoms with van der Waals surface area (Å²) in [5.74, 6) is 1.72. The maximum atomic E-state index is 13.7. The molecule has 1 aliphatic rings. The molecule has 0 saturated carbocycles. The number of nitrogens with one attached hydrogen (secondary N) is 1. The van der Waals surface area contributed by atoms with Crippen molar-refractivity contribution < 1.29 is 12.8 Å². The Morgan fingerprint density at radius 1 is 1.35 bits per heavy atom. The Bertz CT molecular complexity index is 557. The van der Waals surface area contributed by atoms with E-state index in [0.717, 1.165) is 30.4 Å². The van der Waals surface area contributed by atoms with Gasteiger partial charge in [0.15, 0.2) is 0 Å². The number of halogens is 1. The molecule has 20 heavy (non-hydrogen) atoms. The monoisotopic (exact) mass is 318 g/mol. The van der Waals surface area contributed by atoms with Crippen LogP contribution in [-0.4, -0.2) is 26.5 Å². The number of hydrogen-bond donors (Lipinski definition) is 2. The molecule has 1 saturated heterocycles. The molecular weight excluding hydrogens is 299 g/mol. The molecule has 1 aromatic carbocycles. The highest BCUT2D eigenvalue weighted by atomic mass is 32.2. The van der Waals surface area contributed by atoms with Crippen LogP contribution in [0.25, 0.3) is 0 Å². The minimum absolute atomic E-state index is 0.183. The standard InChI is InChI=1S/C13H19FN2O2S2/c14-12-2-1-11(8-15)7-13(12)20(17,18)16-9-10-3-5-19-6-4-10/h1-2,7,10,16H,3-6,8-9,15H2. The minimum Gasteiger partial charge on any atom is -0.326 e. The Hall–Kier alpha value is -0.630. The van der Waals surface area contributed by atoms with Crippen molar-refractivity contribution in [3.8, 4) is 0 Å². The zero-order valence-corrected chi connectivity index (χ0v) is 12.8. The van der Waals surface area contributed by atoms with Crippen molar-refractivity contribution in [2.45, 2.75) is 24.3 Å². The number of rotatable bonds is 5. The van der Waals surface area contributed by atoms with Gasteiger partial charge in [-0.2, -0.15) is 11.8 Å². The molecule has 0 amide bonds. The topological polar surface area (TPSA) is 72.2 Å². The second-order valence-electron chi connectivity index (χ2n) is 4.88. The quantitative estimate of drug-likeness (QED) is 0.867. The van der Waals surface area contributed by atoms with Crippen LogP contribution in [0.5, 0.6) is 0 Å². The van der Waals surface area contributed by atoms with Gasteiger partial charge in [0, 0.05) is 13.1 Å². The van der Waals surface area contributed by atoms with Gasteiger partial charge in [0.2, 0.25) is 10.0 Å². The number of thioether (sulfide) groups is 1. The van der Waals surface area contributed by atoms with Gasteiger partial charge in [0.05, 0.1) is 0 Å². The zero-order valence-electron chi connectivity index (χ0n) is 11.1.